The van der Waals surface area contributed by atoms with Crippen LogP contribution in [-0.4, -0.2) is 19.9 Å². The smallest absolute Gasteiger partial charge is 0.258 e. The van der Waals surface area contributed by atoms with Crippen molar-refractivity contribution in [1.29, 1.82) is 0 Å². The molecule has 0 saturated heterocycles. The van der Waals surface area contributed by atoms with Crippen LogP contribution in [0.3, 0.4) is 0 Å². The van der Waals surface area contributed by atoms with Gasteiger partial charge in [-0.3, -0.25) is 10.1 Å². The Hall–Kier alpha value is -1.99. The number of fused-ring (bicyclic) bond motifs is 2. The van der Waals surface area contributed by atoms with E-state index in [0.29, 0.717) is 18.4 Å². The second-order valence-electron chi connectivity index (χ2n) is 6.57. The van der Waals surface area contributed by atoms with Gasteiger partial charge in [0.1, 0.15) is 0 Å². The number of nitrogens with zero attached hydrogens (tertiary/aromatic N) is 1. The molecule has 2 bridgehead atoms. The molecule has 0 aromatic heterocycles. The van der Waals surface area contributed by atoms with Gasteiger partial charge in [-0.1, -0.05) is 42.4 Å². The van der Waals surface area contributed by atoms with E-state index < -0.39 is 20.6 Å². The van der Waals surface area contributed by atoms with Gasteiger partial charge in [-0.05, 0) is 43.6 Å². The Balaban J connectivity index is 1.43. The monoisotopic (exact) mass is 362 g/mol. The molecule has 3 rings (SSSR count). The molecule has 0 fully saturated rings. The van der Waals surface area contributed by atoms with Crippen molar-refractivity contribution in [3.05, 3.63) is 58.2 Å². The molecule has 0 aliphatic heterocycles. The summed E-state index contributed by atoms with van der Waals surface area (Å²) in [5.41, 5.74) is 1.12. The predicted molar refractivity (Wildman–Crippen MR) is 95.6 cm³/mol. The van der Waals surface area contributed by atoms with Gasteiger partial charge < -0.3 is 0 Å². The highest BCUT2D eigenvalue weighted by atomic mass is 32.2. The van der Waals surface area contributed by atoms with Crippen molar-refractivity contribution in [3.8, 4) is 0 Å². The molecule has 6 nitrogen and oxygen atoms in total. The van der Waals surface area contributed by atoms with E-state index >= 15 is 0 Å². The minimum absolute atomic E-state index is 0.279. The maximum absolute atomic E-state index is 12.3. The third kappa shape index (κ3) is 4.16. The number of hydrogen-bond donors (Lipinski definition) is 1. The number of rotatable bonds is 9. The largest absolute Gasteiger partial charge is 0.289 e. The fourth-order valence-electron chi connectivity index (χ4n) is 3.54. The zero-order valence-electron chi connectivity index (χ0n) is 13.9. The van der Waals surface area contributed by atoms with Crippen LogP contribution in [0.15, 0.2) is 53.0 Å². The fourth-order valence-corrected chi connectivity index (χ4v) is 4.79. The first-order valence-corrected chi connectivity index (χ1v) is 10.1. The first-order valence-electron chi connectivity index (χ1n) is 8.59. The van der Waals surface area contributed by atoms with Gasteiger partial charge in [-0.2, -0.15) is 0 Å². The van der Waals surface area contributed by atoms with Crippen LogP contribution in [0.25, 0.3) is 0 Å². The average molecular weight is 362 g/mol. The number of para-hydroxylation sites is 1. The summed E-state index contributed by atoms with van der Waals surface area (Å²) in [5, 5.41) is 11.0. The van der Waals surface area contributed by atoms with Crippen LogP contribution in [-0.2, 0) is 10.0 Å². The summed E-state index contributed by atoms with van der Waals surface area (Å²) in [6.45, 7) is 0.291. The van der Waals surface area contributed by atoms with Crippen molar-refractivity contribution in [2.75, 3.05) is 6.54 Å². The van der Waals surface area contributed by atoms with Gasteiger partial charge in [-0.15, -0.1) is 0 Å². The van der Waals surface area contributed by atoms with Crippen LogP contribution in [0.1, 0.15) is 32.1 Å². The minimum atomic E-state index is -3.86. The van der Waals surface area contributed by atoms with Gasteiger partial charge >= 0.3 is 0 Å². The summed E-state index contributed by atoms with van der Waals surface area (Å²) in [4.78, 5) is 10.0. The topological polar surface area (TPSA) is 89.3 Å². The van der Waals surface area contributed by atoms with Gasteiger partial charge in [0, 0.05) is 12.6 Å². The molecule has 0 heterocycles. The molecule has 1 aromatic carbocycles. The Morgan fingerprint density at radius 1 is 1.16 bits per heavy atom. The summed E-state index contributed by atoms with van der Waals surface area (Å²) in [5.74, 6) is 1.26. The van der Waals surface area contributed by atoms with Gasteiger partial charge in [0.15, 0.2) is 4.90 Å². The molecule has 1 N–H and O–H groups in total. The quantitative estimate of drug-likeness (QED) is 0.315. The molecule has 1 aromatic rings. The third-order valence-corrected chi connectivity index (χ3v) is 6.32. The molecule has 7 heteroatoms. The van der Waals surface area contributed by atoms with Crippen molar-refractivity contribution in [1.82, 2.24) is 4.72 Å². The van der Waals surface area contributed by atoms with E-state index in [9.17, 15) is 18.5 Å². The number of hydrogen-bond acceptors (Lipinski definition) is 4. The van der Waals surface area contributed by atoms with E-state index in [0.717, 1.165) is 25.7 Å². The highest BCUT2D eigenvalue weighted by Crippen LogP contribution is 2.40. The molecular formula is C18H22N2O4S. The lowest BCUT2D eigenvalue weighted by Gasteiger charge is -2.10. The van der Waals surface area contributed by atoms with Crippen LogP contribution in [0, 0.1) is 22.0 Å². The van der Waals surface area contributed by atoms with Crippen molar-refractivity contribution >= 4 is 15.7 Å². The Kier molecular flexibility index (Phi) is 5.34. The Morgan fingerprint density at radius 2 is 1.96 bits per heavy atom. The van der Waals surface area contributed by atoms with Crippen molar-refractivity contribution < 1.29 is 13.3 Å². The van der Waals surface area contributed by atoms with E-state index in [-0.39, 0.29) is 4.90 Å². The summed E-state index contributed by atoms with van der Waals surface area (Å²) in [7, 11) is -3.86. The molecule has 2 unspecified atom stereocenters. The molecule has 0 saturated carbocycles. The number of nitro benzene ring substituents is 1. The van der Waals surface area contributed by atoms with Crippen molar-refractivity contribution in [2.45, 2.75) is 37.0 Å². The maximum Gasteiger partial charge on any atom is 0.289 e. The average Bonchev–Trinajstić information content (AvgIpc) is 3.21. The molecule has 2 aliphatic rings. The molecule has 2 aliphatic carbocycles. The zero-order valence-corrected chi connectivity index (χ0v) is 14.7. The lowest BCUT2D eigenvalue weighted by molar-refractivity contribution is -0.387. The minimum Gasteiger partial charge on any atom is -0.258 e. The van der Waals surface area contributed by atoms with E-state index in [2.05, 4.69) is 23.0 Å². The number of allylic oxidation sites excluding steroid dienone is 4. The van der Waals surface area contributed by atoms with Crippen LogP contribution >= 0.6 is 0 Å². The maximum atomic E-state index is 12.3. The van der Waals surface area contributed by atoms with E-state index in [1.807, 2.05) is 0 Å². The number of nitrogens with one attached hydrogen (secondary N) is 1. The summed E-state index contributed by atoms with van der Waals surface area (Å²) >= 11 is 0. The summed E-state index contributed by atoms with van der Waals surface area (Å²) in [6, 6.07) is 5.40. The summed E-state index contributed by atoms with van der Waals surface area (Å²) < 4.78 is 27.0. The first-order chi connectivity index (χ1) is 12.0. The molecule has 0 amide bonds. The van der Waals surface area contributed by atoms with Crippen molar-refractivity contribution in [3.63, 3.8) is 0 Å². The number of sulfonamides is 1. The fraction of sp³-hybridized carbons (Fsp3) is 0.444. The molecule has 134 valence electrons. The van der Waals surface area contributed by atoms with E-state index in [4.69, 9.17) is 0 Å². The van der Waals surface area contributed by atoms with Gasteiger partial charge in [-0.25, -0.2) is 13.1 Å². The van der Waals surface area contributed by atoms with Crippen LogP contribution in [0.5, 0.6) is 0 Å². The first kappa shape index (κ1) is 17.8. The molecule has 0 radical (unpaired) electrons. The number of unbranched alkanes of at least 4 members (excludes halogenated alkanes) is 2. The Bertz CT molecular complexity index is 814. The van der Waals surface area contributed by atoms with Gasteiger partial charge in [0.25, 0.3) is 5.69 Å². The normalized spacial score (nSPS) is 21.5. The highest BCUT2D eigenvalue weighted by molar-refractivity contribution is 7.89. The van der Waals surface area contributed by atoms with Gasteiger partial charge in [0.2, 0.25) is 10.0 Å². The predicted octanol–water partition coefficient (Wildman–Crippen LogP) is 3.57. The third-order valence-electron chi connectivity index (χ3n) is 4.81. The molecular weight excluding hydrogens is 340 g/mol. The Morgan fingerprint density at radius 3 is 2.64 bits per heavy atom. The number of benzene rings is 1. The highest BCUT2D eigenvalue weighted by Gasteiger charge is 2.27. The second-order valence-corrected chi connectivity index (χ2v) is 8.30. The number of nitro groups is 1. The molecule has 2 atom stereocenters. The van der Waals surface area contributed by atoms with Crippen molar-refractivity contribution in [2.24, 2.45) is 11.8 Å². The molecule has 0 spiro atoms. The van der Waals surface area contributed by atoms with Crippen LogP contribution < -0.4 is 4.72 Å². The lowest BCUT2D eigenvalue weighted by Crippen LogP contribution is -2.25. The standard InChI is InChI=1S/C18H22N2O4S/c21-20(22)17-7-3-4-8-18(17)25(23,24)19-11-5-1-2-6-15-12-14-9-10-16(15)13-14/h3-4,7-10,12,14,16,19H,1-2,5-6,11,13H2. The second kappa shape index (κ2) is 7.49. The Labute approximate surface area is 147 Å². The van der Waals surface area contributed by atoms with E-state index in [1.165, 1.54) is 36.3 Å². The molecule has 25 heavy (non-hydrogen) atoms. The van der Waals surface area contributed by atoms with Crippen LogP contribution in [0.4, 0.5) is 5.69 Å². The van der Waals surface area contributed by atoms with Crippen LogP contribution in [0.2, 0.25) is 0 Å². The summed E-state index contributed by atoms with van der Waals surface area (Å²) in [6.07, 6.45) is 11.9. The van der Waals surface area contributed by atoms with Gasteiger partial charge in [0.05, 0.1) is 4.92 Å². The lowest BCUT2D eigenvalue weighted by atomic mass is 9.97. The zero-order chi connectivity index (χ0) is 17.9. The SMILES string of the molecule is O=[N+]([O-])c1ccccc1S(=O)(=O)NCCCCCC1=CC2C=CC1C2. The van der Waals surface area contributed by atoms with E-state index in [1.54, 1.807) is 0 Å².